The second-order valence-corrected chi connectivity index (χ2v) is 6.51. The summed E-state index contributed by atoms with van der Waals surface area (Å²) >= 11 is 0. The van der Waals surface area contributed by atoms with E-state index in [0.29, 0.717) is 19.6 Å². The van der Waals surface area contributed by atoms with Crippen molar-refractivity contribution in [1.29, 1.82) is 0 Å². The van der Waals surface area contributed by atoms with E-state index in [1.807, 2.05) is 29.2 Å². The summed E-state index contributed by atoms with van der Waals surface area (Å²) in [5.74, 6) is 0.949. The molecule has 0 saturated carbocycles. The number of carbonyl (C=O) groups is 1. The molecular weight excluding hydrogens is 318 g/mol. The second-order valence-electron chi connectivity index (χ2n) is 6.51. The van der Waals surface area contributed by atoms with Gasteiger partial charge < -0.3 is 19.9 Å². The highest BCUT2D eigenvalue weighted by atomic mass is 16.5. The lowest BCUT2D eigenvalue weighted by Crippen LogP contribution is -2.52. The number of fused-ring (bicyclic) bond motifs is 1. The summed E-state index contributed by atoms with van der Waals surface area (Å²) in [4.78, 5) is 25.2. The first-order valence-electron chi connectivity index (χ1n) is 8.90. The minimum Gasteiger partial charge on any atom is -0.376 e. The van der Waals surface area contributed by atoms with Crippen LogP contribution in [-0.2, 0) is 4.74 Å². The molecule has 0 radical (unpaired) electrons. The Labute approximate surface area is 147 Å². The molecule has 2 aliphatic heterocycles. The number of benzene rings is 1. The van der Waals surface area contributed by atoms with Crippen LogP contribution in [-0.4, -0.2) is 66.3 Å². The third-order valence-corrected chi connectivity index (χ3v) is 4.89. The van der Waals surface area contributed by atoms with Crippen molar-refractivity contribution in [2.45, 2.75) is 18.9 Å². The molecule has 2 fully saturated rings. The Kier molecular flexibility index (Phi) is 4.65. The summed E-state index contributed by atoms with van der Waals surface area (Å²) in [5, 5.41) is 4.05. The van der Waals surface area contributed by atoms with E-state index in [4.69, 9.17) is 4.74 Å². The van der Waals surface area contributed by atoms with E-state index in [9.17, 15) is 4.79 Å². The van der Waals surface area contributed by atoms with Crippen molar-refractivity contribution >= 4 is 22.8 Å². The van der Waals surface area contributed by atoms with Crippen molar-refractivity contribution in [3.8, 4) is 0 Å². The largest absolute Gasteiger partial charge is 0.376 e. The predicted molar refractivity (Wildman–Crippen MR) is 95.7 cm³/mol. The van der Waals surface area contributed by atoms with Gasteiger partial charge in [0.25, 0.3) is 0 Å². The maximum absolute atomic E-state index is 12.3. The number of nitrogens with zero attached hydrogens (tertiary/aromatic N) is 4. The van der Waals surface area contributed by atoms with Crippen molar-refractivity contribution in [1.82, 2.24) is 20.2 Å². The molecule has 0 aliphatic carbocycles. The summed E-state index contributed by atoms with van der Waals surface area (Å²) in [5.41, 5.74) is 0.948. The third-order valence-electron chi connectivity index (χ3n) is 4.89. The molecule has 1 atom stereocenters. The Balaban J connectivity index is 1.35. The first-order valence-corrected chi connectivity index (χ1v) is 8.90. The molecular formula is C18H23N5O2. The Hall–Kier alpha value is -2.41. The van der Waals surface area contributed by atoms with E-state index in [2.05, 4.69) is 20.2 Å². The van der Waals surface area contributed by atoms with Gasteiger partial charge in [-0.2, -0.15) is 0 Å². The molecule has 3 heterocycles. The average Bonchev–Trinajstić information content (AvgIpc) is 3.19. The molecule has 0 spiro atoms. The number of para-hydroxylation sites is 1. The lowest BCUT2D eigenvalue weighted by molar-refractivity contribution is 0.108. The van der Waals surface area contributed by atoms with Crippen LogP contribution in [0.2, 0.25) is 0 Å². The first-order chi connectivity index (χ1) is 12.3. The Morgan fingerprint density at radius 1 is 1.20 bits per heavy atom. The molecule has 25 heavy (non-hydrogen) atoms. The van der Waals surface area contributed by atoms with Gasteiger partial charge in [0, 0.05) is 44.7 Å². The quantitative estimate of drug-likeness (QED) is 0.919. The maximum Gasteiger partial charge on any atom is 0.317 e. The van der Waals surface area contributed by atoms with Crippen LogP contribution in [0.4, 0.5) is 10.6 Å². The van der Waals surface area contributed by atoms with Gasteiger partial charge in [0.1, 0.15) is 12.1 Å². The monoisotopic (exact) mass is 341 g/mol. The Morgan fingerprint density at radius 2 is 2.04 bits per heavy atom. The summed E-state index contributed by atoms with van der Waals surface area (Å²) in [6.45, 7) is 4.34. The lowest BCUT2D eigenvalue weighted by atomic mass is 10.2. The predicted octanol–water partition coefficient (Wildman–Crippen LogP) is 1.64. The fraction of sp³-hybridized carbons (Fsp3) is 0.500. The SMILES string of the molecule is O=C(NC[C@H]1CCCO1)N1CCN(c2ncnc3ccccc23)CC1. The zero-order chi connectivity index (χ0) is 17.1. The van der Waals surface area contributed by atoms with E-state index in [1.165, 1.54) is 0 Å². The first kappa shape index (κ1) is 16.1. The Morgan fingerprint density at radius 3 is 2.84 bits per heavy atom. The smallest absolute Gasteiger partial charge is 0.317 e. The molecule has 2 aromatic rings. The number of nitrogens with one attached hydrogen (secondary N) is 1. The van der Waals surface area contributed by atoms with Crippen molar-refractivity contribution in [3.63, 3.8) is 0 Å². The van der Waals surface area contributed by atoms with Crippen molar-refractivity contribution in [2.75, 3.05) is 44.2 Å². The number of aromatic nitrogens is 2. The number of piperazine rings is 1. The second kappa shape index (κ2) is 7.23. The van der Waals surface area contributed by atoms with E-state index in [0.717, 1.165) is 49.3 Å². The number of hydrogen-bond acceptors (Lipinski definition) is 5. The standard InChI is InChI=1S/C18H23N5O2/c24-18(19-12-14-4-3-11-25-14)23-9-7-22(8-10-23)17-15-5-1-2-6-16(15)20-13-21-17/h1-2,5-6,13-14H,3-4,7-12H2,(H,19,24)/t14-/m1/s1. The molecule has 7 heteroatoms. The number of ether oxygens (including phenoxy) is 1. The van der Waals surface area contributed by atoms with Crippen LogP contribution in [0.3, 0.4) is 0 Å². The van der Waals surface area contributed by atoms with Crippen LogP contribution >= 0.6 is 0 Å². The number of amides is 2. The van der Waals surface area contributed by atoms with Crippen molar-refractivity contribution in [3.05, 3.63) is 30.6 Å². The molecule has 2 aliphatic rings. The van der Waals surface area contributed by atoms with Crippen LogP contribution in [0, 0.1) is 0 Å². The average molecular weight is 341 g/mol. The zero-order valence-electron chi connectivity index (χ0n) is 14.2. The van der Waals surface area contributed by atoms with Gasteiger partial charge >= 0.3 is 6.03 Å². The molecule has 2 saturated heterocycles. The highest BCUT2D eigenvalue weighted by Gasteiger charge is 2.24. The summed E-state index contributed by atoms with van der Waals surface area (Å²) in [6.07, 6.45) is 3.91. The minimum atomic E-state index is 0.00250. The van der Waals surface area contributed by atoms with Crippen LogP contribution in [0.15, 0.2) is 30.6 Å². The number of rotatable bonds is 3. The lowest BCUT2D eigenvalue weighted by Gasteiger charge is -2.35. The highest BCUT2D eigenvalue weighted by Crippen LogP contribution is 2.23. The van der Waals surface area contributed by atoms with Crippen LogP contribution in [0.25, 0.3) is 10.9 Å². The molecule has 4 rings (SSSR count). The van der Waals surface area contributed by atoms with Crippen molar-refractivity contribution in [2.24, 2.45) is 0 Å². The molecule has 2 amide bonds. The minimum absolute atomic E-state index is 0.00250. The summed E-state index contributed by atoms with van der Waals surface area (Å²) in [6, 6.07) is 8.03. The fourth-order valence-electron chi connectivity index (χ4n) is 3.48. The molecule has 1 aromatic carbocycles. The fourth-order valence-corrected chi connectivity index (χ4v) is 3.48. The van der Waals surface area contributed by atoms with Gasteiger partial charge in [0.15, 0.2) is 0 Å². The summed E-state index contributed by atoms with van der Waals surface area (Å²) < 4.78 is 5.55. The van der Waals surface area contributed by atoms with Gasteiger partial charge in [-0.1, -0.05) is 12.1 Å². The van der Waals surface area contributed by atoms with Crippen LogP contribution in [0.1, 0.15) is 12.8 Å². The van der Waals surface area contributed by atoms with E-state index in [-0.39, 0.29) is 12.1 Å². The normalized spacial score (nSPS) is 20.9. The number of carbonyl (C=O) groups excluding carboxylic acids is 1. The molecule has 0 bridgehead atoms. The van der Waals surface area contributed by atoms with Gasteiger partial charge in [0.05, 0.1) is 11.6 Å². The molecule has 1 N–H and O–H groups in total. The molecule has 1 aromatic heterocycles. The van der Waals surface area contributed by atoms with Gasteiger partial charge in [-0.3, -0.25) is 0 Å². The van der Waals surface area contributed by atoms with Crippen LogP contribution in [0.5, 0.6) is 0 Å². The third kappa shape index (κ3) is 3.51. The number of hydrogen-bond donors (Lipinski definition) is 1. The van der Waals surface area contributed by atoms with Crippen LogP contribution < -0.4 is 10.2 Å². The van der Waals surface area contributed by atoms with Crippen molar-refractivity contribution < 1.29 is 9.53 Å². The van der Waals surface area contributed by atoms with Gasteiger partial charge in [-0.25, -0.2) is 14.8 Å². The number of anilines is 1. The molecule has 132 valence electrons. The molecule has 7 nitrogen and oxygen atoms in total. The summed E-state index contributed by atoms with van der Waals surface area (Å²) in [7, 11) is 0. The zero-order valence-corrected chi connectivity index (χ0v) is 14.2. The number of urea groups is 1. The van der Waals surface area contributed by atoms with Gasteiger partial charge in [-0.05, 0) is 25.0 Å². The van der Waals surface area contributed by atoms with E-state index < -0.39 is 0 Å². The van der Waals surface area contributed by atoms with Gasteiger partial charge in [-0.15, -0.1) is 0 Å². The maximum atomic E-state index is 12.3. The Bertz CT molecular complexity index is 734. The van der Waals surface area contributed by atoms with Gasteiger partial charge in [0.2, 0.25) is 0 Å². The van der Waals surface area contributed by atoms with E-state index >= 15 is 0 Å². The topological polar surface area (TPSA) is 70.6 Å². The highest BCUT2D eigenvalue weighted by molar-refractivity contribution is 5.89. The molecule has 0 unspecified atom stereocenters. The van der Waals surface area contributed by atoms with E-state index in [1.54, 1.807) is 6.33 Å².